The van der Waals surface area contributed by atoms with Crippen LogP contribution in [0.25, 0.3) is 0 Å². The van der Waals surface area contributed by atoms with Crippen molar-refractivity contribution in [3.8, 4) is 0 Å². The van der Waals surface area contributed by atoms with Gasteiger partial charge in [-0.05, 0) is 51.4 Å². The summed E-state index contributed by atoms with van der Waals surface area (Å²) in [4.78, 5) is 0. The van der Waals surface area contributed by atoms with Crippen LogP contribution in [0.5, 0.6) is 0 Å². The average molecular weight is 238 g/mol. The minimum absolute atomic E-state index is 0.0215. The predicted molar refractivity (Wildman–Crippen MR) is 69.9 cm³/mol. The van der Waals surface area contributed by atoms with Crippen molar-refractivity contribution >= 4 is 0 Å². The maximum atomic E-state index is 10.3. The Morgan fingerprint density at radius 2 is 2.00 bits per heavy atom. The van der Waals surface area contributed by atoms with Gasteiger partial charge >= 0.3 is 0 Å². The van der Waals surface area contributed by atoms with Gasteiger partial charge in [-0.15, -0.1) is 0 Å². The van der Waals surface area contributed by atoms with Crippen molar-refractivity contribution in [2.24, 2.45) is 5.41 Å². The van der Waals surface area contributed by atoms with E-state index < -0.39 is 0 Å². The lowest BCUT2D eigenvalue weighted by atomic mass is 9.80. The third-order valence-electron chi connectivity index (χ3n) is 4.57. The quantitative estimate of drug-likeness (QED) is 0.518. The highest BCUT2D eigenvalue weighted by atomic mass is 16.6. The molecule has 98 valence electrons. The number of aliphatic hydroxyl groups excluding tert-OH is 1. The topological polar surface area (TPSA) is 32.8 Å². The van der Waals surface area contributed by atoms with Crippen LogP contribution in [0.15, 0.2) is 11.6 Å². The Balaban J connectivity index is 2.09. The zero-order chi connectivity index (χ0) is 12.7. The van der Waals surface area contributed by atoms with Gasteiger partial charge in [-0.3, -0.25) is 0 Å². The smallest absolute Gasteiger partial charge is 0.0920 e. The molecule has 2 nitrogen and oxygen atoms in total. The molecule has 1 aliphatic heterocycles. The molecule has 3 unspecified atom stereocenters. The normalized spacial score (nSPS) is 42.1. The van der Waals surface area contributed by atoms with Gasteiger partial charge in [0.05, 0.1) is 17.8 Å². The highest BCUT2D eigenvalue weighted by Crippen LogP contribution is 2.45. The molecule has 1 aliphatic carbocycles. The maximum absolute atomic E-state index is 10.3. The molecule has 2 aliphatic rings. The Hall–Kier alpha value is -0.340. The molecule has 2 heteroatoms. The van der Waals surface area contributed by atoms with Crippen molar-refractivity contribution in [3.05, 3.63) is 11.6 Å². The van der Waals surface area contributed by atoms with E-state index in [9.17, 15) is 5.11 Å². The zero-order valence-electron chi connectivity index (χ0n) is 11.6. The van der Waals surface area contributed by atoms with Crippen LogP contribution in [-0.2, 0) is 4.74 Å². The fourth-order valence-corrected chi connectivity index (χ4v) is 2.86. The summed E-state index contributed by atoms with van der Waals surface area (Å²) in [6.07, 6.45) is 7.67. The Morgan fingerprint density at radius 1 is 1.29 bits per heavy atom. The summed E-state index contributed by atoms with van der Waals surface area (Å²) < 4.78 is 5.83. The van der Waals surface area contributed by atoms with E-state index in [2.05, 4.69) is 27.7 Å². The van der Waals surface area contributed by atoms with Crippen LogP contribution in [0.2, 0.25) is 0 Å². The maximum Gasteiger partial charge on any atom is 0.0920 e. The lowest BCUT2D eigenvalue weighted by molar-refractivity contribution is 0.0787. The number of hydrogen-bond acceptors (Lipinski definition) is 2. The van der Waals surface area contributed by atoms with Gasteiger partial charge < -0.3 is 9.84 Å². The number of ether oxygens (including phenoxy) is 1. The van der Waals surface area contributed by atoms with Crippen LogP contribution >= 0.6 is 0 Å². The van der Waals surface area contributed by atoms with E-state index in [-0.39, 0.29) is 17.1 Å². The Labute approximate surface area is 105 Å². The summed E-state index contributed by atoms with van der Waals surface area (Å²) in [6, 6.07) is 0. The molecule has 1 heterocycles. The van der Waals surface area contributed by atoms with Gasteiger partial charge in [-0.1, -0.05) is 25.5 Å². The molecule has 0 aromatic heterocycles. The van der Waals surface area contributed by atoms with Gasteiger partial charge in [-0.25, -0.2) is 0 Å². The van der Waals surface area contributed by atoms with E-state index in [1.807, 2.05) is 6.08 Å². The van der Waals surface area contributed by atoms with Crippen LogP contribution in [-0.4, -0.2) is 22.9 Å². The first-order valence-electron chi connectivity index (χ1n) is 6.87. The third-order valence-corrected chi connectivity index (χ3v) is 4.57. The number of rotatable bonds is 0. The van der Waals surface area contributed by atoms with Crippen molar-refractivity contribution in [3.63, 3.8) is 0 Å². The van der Waals surface area contributed by atoms with Crippen LogP contribution in [0.1, 0.15) is 59.8 Å². The van der Waals surface area contributed by atoms with Crippen LogP contribution in [0.4, 0.5) is 0 Å². The van der Waals surface area contributed by atoms with E-state index in [1.54, 1.807) is 0 Å². The first-order chi connectivity index (χ1) is 7.83. The molecule has 0 aromatic rings. The van der Waals surface area contributed by atoms with Crippen molar-refractivity contribution in [2.75, 3.05) is 0 Å². The summed E-state index contributed by atoms with van der Waals surface area (Å²) >= 11 is 0. The summed E-state index contributed by atoms with van der Waals surface area (Å²) in [5.74, 6) is 0. The standard InChI is InChI=1S/C15H26O2/c1-11-6-7-13-15(4,17-13)9-5-8-14(2,3)12(16)10-11/h10,12-13,16H,5-9H2,1-4H3. The number of allylic oxidation sites excluding steroid dienone is 1. The van der Waals surface area contributed by atoms with Crippen LogP contribution in [0.3, 0.4) is 0 Å². The molecule has 1 fully saturated rings. The summed E-state index contributed by atoms with van der Waals surface area (Å²) in [5, 5.41) is 10.3. The summed E-state index contributed by atoms with van der Waals surface area (Å²) in [7, 11) is 0. The van der Waals surface area contributed by atoms with Gasteiger partial charge in [0.15, 0.2) is 0 Å². The fourth-order valence-electron chi connectivity index (χ4n) is 2.86. The molecule has 0 bridgehead atoms. The molecule has 3 atom stereocenters. The summed E-state index contributed by atoms with van der Waals surface area (Å²) in [6.45, 7) is 8.68. The second-order valence-electron chi connectivity index (χ2n) is 6.76. The highest BCUT2D eigenvalue weighted by Gasteiger charge is 2.51. The van der Waals surface area contributed by atoms with Gasteiger partial charge in [0.2, 0.25) is 0 Å². The molecular weight excluding hydrogens is 212 g/mol. The first-order valence-corrected chi connectivity index (χ1v) is 6.87. The molecule has 2 rings (SSSR count). The largest absolute Gasteiger partial charge is 0.388 e. The second-order valence-corrected chi connectivity index (χ2v) is 6.76. The van der Waals surface area contributed by atoms with E-state index in [0.29, 0.717) is 6.10 Å². The Bertz CT molecular complexity index is 319. The average Bonchev–Trinajstić information content (AvgIpc) is 2.85. The van der Waals surface area contributed by atoms with E-state index >= 15 is 0 Å². The lowest BCUT2D eigenvalue weighted by Gasteiger charge is -2.29. The number of hydrogen-bond donors (Lipinski definition) is 1. The van der Waals surface area contributed by atoms with E-state index in [1.165, 1.54) is 5.57 Å². The molecule has 0 radical (unpaired) electrons. The van der Waals surface area contributed by atoms with Gasteiger partial charge in [0.25, 0.3) is 0 Å². The van der Waals surface area contributed by atoms with Gasteiger partial charge in [0, 0.05) is 0 Å². The van der Waals surface area contributed by atoms with Gasteiger partial charge in [0.1, 0.15) is 0 Å². The molecular formula is C15H26O2. The first kappa shape index (κ1) is 13.1. The predicted octanol–water partition coefficient (Wildman–Crippen LogP) is 3.44. The SMILES string of the molecule is CC1=CC(O)C(C)(C)CCCC2(C)OC2CC1. The molecule has 0 saturated carbocycles. The third kappa shape index (κ3) is 2.92. The zero-order valence-corrected chi connectivity index (χ0v) is 11.6. The number of fused-ring (bicyclic) bond motifs is 1. The molecule has 0 aromatic carbocycles. The minimum Gasteiger partial charge on any atom is -0.388 e. The van der Waals surface area contributed by atoms with Crippen LogP contribution < -0.4 is 0 Å². The molecule has 17 heavy (non-hydrogen) atoms. The molecule has 0 amide bonds. The van der Waals surface area contributed by atoms with E-state index in [4.69, 9.17) is 4.74 Å². The van der Waals surface area contributed by atoms with Crippen molar-refractivity contribution in [1.29, 1.82) is 0 Å². The Kier molecular flexibility index (Phi) is 3.39. The van der Waals surface area contributed by atoms with Crippen molar-refractivity contribution in [2.45, 2.75) is 77.6 Å². The molecule has 0 spiro atoms. The number of epoxide rings is 1. The highest BCUT2D eigenvalue weighted by molar-refractivity contribution is 5.09. The monoisotopic (exact) mass is 238 g/mol. The fraction of sp³-hybridized carbons (Fsp3) is 0.867. The lowest BCUT2D eigenvalue weighted by Crippen LogP contribution is -2.28. The number of aliphatic hydroxyl groups is 1. The second kappa shape index (κ2) is 4.40. The van der Waals surface area contributed by atoms with Crippen molar-refractivity contribution < 1.29 is 9.84 Å². The van der Waals surface area contributed by atoms with E-state index in [0.717, 1.165) is 32.1 Å². The van der Waals surface area contributed by atoms with Gasteiger partial charge in [-0.2, -0.15) is 0 Å². The van der Waals surface area contributed by atoms with Crippen molar-refractivity contribution in [1.82, 2.24) is 0 Å². The summed E-state index contributed by atoms with van der Waals surface area (Å²) in [5.41, 5.74) is 1.41. The Morgan fingerprint density at radius 3 is 2.71 bits per heavy atom. The molecule has 1 N–H and O–H groups in total. The molecule has 1 saturated heterocycles. The van der Waals surface area contributed by atoms with Crippen LogP contribution in [0, 0.1) is 5.41 Å². The minimum atomic E-state index is -0.314.